The van der Waals surface area contributed by atoms with Crippen LogP contribution in [0.15, 0.2) is 60.9 Å². The van der Waals surface area contributed by atoms with Crippen LogP contribution < -0.4 is 10.2 Å². The highest BCUT2D eigenvalue weighted by molar-refractivity contribution is 7.78. The molecule has 0 bridgehead atoms. The van der Waals surface area contributed by atoms with Crippen molar-refractivity contribution < 1.29 is 84.9 Å². The molecule has 4 atom stereocenters. The minimum absolute atomic E-state index is 0.00193. The van der Waals surface area contributed by atoms with Gasteiger partial charge in [-0.15, -0.1) is 0 Å². The number of aliphatic hydroxyl groups excluding tert-OH is 1. The molecular weight excluding hydrogens is 1310 g/mol. The number of aliphatic hydroxyl groups is 1. The fraction of sp³-hybridized carbons (Fsp3) is 0.593. The average Bonchev–Trinajstić information content (AvgIpc) is 1.17. The monoisotopic (exact) mass is 1390 g/mol. The Hall–Kier alpha value is -3.44. The van der Waals surface area contributed by atoms with Gasteiger partial charge in [0.15, 0.2) is 0 Å². The van der Waals surface area contributed by atoms with Crippen molar-refractivity contribution in [2.24, 2.45) is 0 Å². The third kappa shape index (κ3) is 31.4. The van der Waals surface area contributed by atoms with Gasteiger partial charge in [-0.3, -0.25) is 29.0 Å². The normalized spacial score (nSPS) is 13.6. The molecule has 4 unspecified atom stereocenters. The number of hydrogen-bond acceptors (Lipinski definition) is 17. The Balaban J connectivity index is 0.000000662. The number of pyridine rings is 2. The highest BCUT2D eigenvalue weighted by Gasteiger charge is 2.44. The molecule has 87 heavy (non-hydrogen) atoms. The Labute approximate surface area is 528 Å². The van der Waals surface area contributed by atoms with E-state index in [1.807, 2.05) is 13.0 Å². The molecule has 6 N–H and O–H groups in total. The number of nitrogens with one attached hydrogen (secondary N) is 1. The molecule has 0 saturated heterocycles. The predicted molar refractivity (Wildman–Crippen MR) is 341 cm³/mol. The molecule has 0 aliphatic carbocycles. The highest BCUT2D eigenvalue weighted by Crippen LogP contribution is 2.65. The van der Waals surface area contributed by atoms with Crippen LogP contribution in [0.5, 0.6) is 0 Å². The predicted octanol–water partition coefficient (Wildman–Crippen LogP) is 13.2. The maximum Gasteiger partial charge on any atom is 0.441 e. The van der Waals surface area contributed by atoms with Gasteiger partial charge in [0, 0.05) is 97.2 Å². The van der Waals surface area contributed by atoms with Gasteiger partial charge >= 0.3 is 31.0 Å². The molecular formula is C54H85Cl4F2N7O16P4. The van der Waals surface area contributed by atoms with E-state index in [2.05, 4.69) is 76.0 Å². The van der Waals surface area contributed by atoms with Gasteiger partial charge in [-0.1, -0.05) is 27.7 Å². The van der Waals surface area contributed by atoms with Crippen molar-refractivity contribution >= 4 is 133 Å². The number of hydrogen-bond donors (Lipinski definition) is 6. The molecule has 2 aromatic carbocycles. The van der Waals surface area contributed by atoms with Gasteiger partial charge in [-0.25, -0.2) is 27.5 Å². The van der Waals surface area contributed by atoms with Crippen LogP contribution in [0.2, 0.25) is 0 Å². The maximum absolute atomic E-state index is 13.8. The van der Waals surface area contributed by atoms with E-state index in [0.717, 1.165) is 63.2 Å². The van der Waals surface area contributed by atoms with Gasteiger partial charge in [-0.05, 0) is 183 Å². The number of nitrogens with zero attached hydrogens (tertiary/aromatic N) is 6. The number of rotatable bonds is 31. The lowest BCUT2D eigenvalue weighted by molar-refractivity contribution is -0.125. The molecule has 0 radical (unpaired) electrons. The molecule has 4 rings (SSSR count). The molecule has 0 fully saturated rings. The molecule has 0 aliphatic rings. The first kappa shape index (κ1) is 81.6. The van der Waals surface area contributed by atoms with Crippen LogP contribution >= 0.6 is 76.4 Å². The summed E-state index contributed by atoms with van der Waals surface area (Å²) in [7, 11) is -16.9. The number of benzene rings is 2. The van der Waals surface area contributed by atoms with Gasteiger partial charge in [0.2, 0.25) is 13.3 Å². The second kappa shape index (κ2) is 39.7. The van der Waals surface area contributed by atoms with Crippen LogP contribution in [0.1, 0.15) is 106 Å². The largest absolute Gasteiger partial charge is 0.449 e. The molecule has 494 valence electrons. The first-order valence-corrected chi connectivity index (χ1v) is 37.4. The Kier molecular flexibility index (Phi) is 37.3. The van der Waals surface area contributed by atoms with Crippen LogP contribution in [-0.4, -0.2) is 173 Å². The third-order valence-corrected chi connectivity index (χ3v) is 22.7. The van der Waals surface area contributed by atoms with Gasteiger partial charge in [0.25, 0.3) is 0 Å². The molecule has 0 aliphatic heterocycles. The molecule has 0 spiro atoms. The van der Waals surface area contributed by atoms with Crippen molar-refractivity contribution in [3.8, 4) is 0 Å². The fourth-order valence-corrected chi connectivity index (χ4v) is 17.3. The zero-order valence-electron chi connectivity index (χ0n) is 50.7. The number of anilines is 2. The van der Waals surface area contributed by atoms with E-state index in [-0.39, 0.29) is 56.7 Å². The zero-order chi connectivity index (χ0) is 66.5. The van der Waals surface area contributed by atoms with E-state index >= 15 is 0 Å². The van der Waals surface area contributed by atoms with E-state index in [1.165, 1.54) is 67.8 Å². The Morgan fingerprint density at radius 3 is 1.68 bits per heavy atom. The number of aromatic nitrogens is 2. The van der Waals surface area contributed by atoms with Crippen molar-refractivity contribution in [3.63, 3.8) is 0 Å². The first-order valence-electron chi connectivity index (χ1n) is 28.0. The summed E-state index contributed by atoms with van der Waals surface area (Å²) in [6.07, 6.45) is 5.71. The number of fused-ring (bicyclic) bond motifs is 2. The van der Waals surface area contributed by atoms with Gasteiger partial charge < -0.3 is 58.4 Å². The minimum Gasteiger partial charge on any atom is -0.449 e. The van der Waals surface area contributed by atoms with Crippen LogP contribution in [-0.2, 0) is 41.8 Å². The summed E-state index contributed by atoms with van der Waals surface area (Å²) in [5.41, 5.74) is 1.34. The second-order valence-corrected chi connectivity index (χ2v) is 32.4. The van der Waals surface area contributed by atoms with Crippen LogP contribution in [0, 0.1) is 11.6 Å². The maximum atomic E-state index is 13.8. The Morgan fingerprint density at radius 2 is 1.22 bits per heavy atom. The third-order valence-electron chi connectivity index (χ3n) is 13.0. The molecule has 4 aromatic rings. The van der Waals surface area contributed by atoms with E-state index in [1.54, 1.807) is 25.3 Å². The highest BCUT2D eigenvalue weighted by atomic mass is 35.6. The number of alkyl halides is 3. The average molecular weight is 1390 g/mol. The minimum atomic E-state index is -5.57. The lowest BCUT2D eigenvalue weighted by Crippen LogP contribution is -2.40. The fourth-order valence-electron chi connectivity index (χ4n) is 8.76. The molecule has 2 heterocycles. The van der Waals surface area contributed by atoms with Crippen molar-refractivity contribution in [2.45, 2.75) is 128 Å². The SMILES string of the molecule is CCN(CC)CCCC(C)N(C(=O)OCCCC(=O)N(P(=O)(O)O)P(=O)(O)O)c1ccnc2cc(F)ccc12.CCN(CC)CCCC(C)Nc1ccnc2cc(F)ccc12.CCOP(C)(=O)C(CC(=O)CCCO)P(C)(C)=O.O=C(Cl)OC(Cl)(Cl)Cl. The lowest BCUT2D eigenvalue weighted by atomic mass is 10.1. The van der Waals surface area contributed by atoms with Crippen molar-refractivity contribution in [1.82, 2.24) is 24.2 Å². The molecule has 2 aromatic heterocycles. The van der Waals surface area contributed by atoms with E-state index < -0.39 is 73.5 Å². The number of carbonyl (C=O) groups is 4. The van der Waals surface area contributed by atoms with Crippen LogP contribution in [0.4, 0.5) is 29.7 Å². The van der Waals surface area contributed by atoms with Crippen molar-refractivity contribution in [3.05, 3.63) is 72.6 Å². The van der Waals surface area contributed by atoms with Gasteiger partial charge in [-0.2, -0.15) is 4.44 Å². The van der Waals surface area contributed by atoms with Crippen molar-refractivity contribution in [2.75, 3.05) is 89.3 Å². The molecule has 33 heteroatoms. The Bertz CT molecular complexity index is 2970. The standard InChI is InChI=1S/C23H35FN4O9P2.C18H26FN3.C11H24O5P2.C2Cl4O2/c1-4-26(5-2)14-6-8-17(3)27(21-12-13-25-20-16-18(24)10-11-19(20)21)23(30)37-15-7-9-22(29)28(38(31,32)33)39(34,35)36;1-4-22(5-2)12-6-7-14(3)21-17-10-11-20-18-13-15(19)8-9-16(17)18;1-5-16-18(4,15)11(17(2,3)14)9-10(13)7-6-8-12;3-1(7)8-2(4,5)6/h10-13,16-17H,4-9,14-15H2,1-3H3,(H2,31,32,33)(H2,34,35,36);8-11,13-14H,4-7,12H2,1-3H3,(H,20,21);11-12H,5-9H2,1-4H3;. The summed E-state index contributed by atoms with van der Waals surface area (Å²) in [5.74, 6) is -2.35. The number of ketones is 1. The molecule has 0 saturated carbocycles. The number of amides is 2. The topological polar surface area (TPSA) is 316 Å². The number of halogens is 6. The van der Waals surface area contributed by atoms with E-state index in [9.17, 15) is 46.2 Å². The lowest BCUT2D eigenvalue weighted by Gasteiger charge is -2.30. The van der Waals surface area contributed by atoms with Crippen LogP contribution in [0.25, 0.3) is 21.8 Å². The summed E-state index contributed by atoms with van der Waals surface area (Å²) < 4.78 is 86.0. The smallest absolute Gasteiger partial charge is 0.441 e. The molecule has 23 nitrogen and oxygen atoms in total. The quantitative estimate of drug-likeness (QED) is 0.0118. The molecule has 2 amide bonds. The van der Waals surface area contributed by atoms with Gasteiger partial charge in [0.05, 0.1) is 42.5 Å². The van der Waals surface area contributed by atoms with Crippen LogP contribution in [0.3, 0.4) is 0 Å². The van der Waals surface area contributed by atoms with E-state index in [0.29, 0.717) is 41.0 Å². The Morgan fingerprint density at radius 1 is 0.713 bits per heavy atom. The summed E-state index contributed by atoms with van der Waals surface area (Å²) in [6.45, 7) is 24.6. The zero-order valence-corrected chi connectivity index (χ0v) is 57.3. The summed E-state index contributed by atoms with van der Waals surface area (Å²) in [6, 6.07) is 12.3. The summed E-state index contributed by atoms with van der Waals surface area (Å²) >= 11 is 19.4. The second-order valence-electron chi connectivity index (χ2n) is 20.1. The van der Waals surface area contributed by atoms with Crippen molar-refractivity contribution in [1.29, 1.82) is 0 Å². The summed E-state index contributed by atoms with van der Waals surface area (Å²) in [5, 5.41) is 13.0. The first-order chi connectivity index (χ1) is 40.4. The number of ether oxygens (including phenoxy) is 2. The number of carbonyl (C=O) groups excluding carboxylic acids is 4. The number of Topliss-reactive ketones (excluding diaryl/α,β-unsaturated/α-hetero) is 1. The van der Waals surface area contributed by atoms with Gasteiger partial charge in [0.1, 0.15) is 17.4 Å². The van der Waals surface area contributed by atoms with E-state index in [4.69, 9.17) is 68.7 Å². The summed E-state index contributed by atoms with van der Waals surface area (Å²) in [4.78, 5) is 97.8.